The Bertz CT molecular complexity index is 1240. The highest BCUT2D eigenvalue weighted by atomic mass is 79.9. The summed E-state index contributed by atoms with van der Waals surface area (Å²) in [7, 11) is -4.01. The first-order valence-electron chi connectivity index (χ1n) is 8.34. The number of fused-ring (bicyclic) bond motifs is 1. The summed E-state index contributed by atoms with van der Waals surface area (Å²) in [6.07, 6.45) is 0. The minimum absolute atomic E-state index is 0.00804. The van der Waals surface area contributed by atoms with Crippen LogP contribution in [0.2, 0.25) is 0 Å². The molecule has 2 heterocycles. The Balaban J connectivity index is 1.71. The average Bonchev–Trinajstić information content (AvgIpc) is 3.21. The number of nitriles is 1. The van der Waals surface area contributed by atoms with E-state index in [9.17, 15) is 13.7 Å². The highest BCUT2D eigenvalue weighted by Crippen LogP contribution is 2.44. The van der Waals surface area contributed by atoms with Gasteiger partial charge in [0, 0.05) is 21.0 Å². The first kappa shape index (κ1) is 19.5. The summed E-state index contributed by atoms with van der Waals surface area (Å²) in [4.78, 5) is 0.965. The Morgan fingerprint density at radius 1 is 1.17 bits per heavy atom. The lowest BCUT2D eigenvalue weighted by Crippen LogP contribution is -2.20. The van der Waals surface area contributed by atoms with E-state index < -0.39 is 10.1 Å². The number of benzene rings is 2. The molecule has 1 aromatic heterocycles. The Morgan fingerprint density at radius 3 is 2.59 bits per heavy atom. The van der Waals surface area contributed by atoms with Gasteiger partial charge in [-0.15, -0.1) is 11.3 Å². The van der Waals surface area contributed by atoms with Gasteiger partial charge in [-0.1, -0.05) is 28.1 Å². The van der Waals surface area contributed by atoms with Gasteiger partial charge in [-0.25, -0.2) is 0 Å². The topological polar surface area (TPSA) is 102 Å². The van der Waals surface area contributed by atoms with Crippen molar-refractivity contribution in [3.8, 4) is 17.6 Å². The molecule has 146 valence electrons. The van der Waals surface area contributed by atoms with Crippen LogP contribution in [0, 0.1) is 11.3 Å². The third-order valence-electron chi connectivity index (χ3n) is 4.33. The first-order valence-corrected chi connectivity index (χ1v) is 11.4. The monoisotopic (exact) mass is 488 g/mol. The van der Waals surface area contributed by atoms with Crippen molar-refractivity contribution in [3.63, 3.8) is 0 Å². The van der Waals surface area contributed by atoms with Crippen LogP contribution >= 0.6 is 27.3 Å². The van der Waals surface area contributed by atoms with Gasteiger partial charge in [0.15, 0.2) is 0 Å². The Kier molecular flexibility index (Phi) is 5.08. The zero-order chi connectivity index (χ0) is 20.6. The maximum absolute atomic E-state index is 12.5. The van der Waals surface area contributed by atoms with E-state index in [0.29, 0.717) is 16.9 Å². The van der Waals surface area contributed by atoms with Gasteiger partial charge in [0.25, 0.3) is 0 Å². The van der Waals surface area contributed by atoms with Crippen molar-refractivity contribution in [2.24, 2.45) is 5.73 Å². The predicted molar refractivity (Wildman–Crippen MR) is 112 cm³/mol. The van der Waals surface area contributed by atoms with E-state index in [1.165, 1.54) is 35.6 Å². The highest BCUT2D eigenvalue weighted by Gasteiger charge is 2.32. The van der Waals surface area contributed by atoms with Crippen LogP contribution in [0.1, 0.15) is 16.4 Å². The molecule has 2 N–H and O–H groups in total. The number of allylic oxidation sites excluding steroid dienone is 1. The molecule has 0 spiro atoms. The normalized spacial score (nSPS) is 15.9. The largest absolute Gasteiger partial charge is 0.440 e. The Morgan fingerprint density at radius 2 is 1.93 bits per heavy atom. The number of hydrogen-bond donors (Lipinski definition) is 1. The Hall–Kier alpha value is -2.80. The number of nitrogens with two attached hydrogens (primary N) is 1. The highest BCUT2D eigenvalue weighted by molar-refractivity contribution is 9.10. The van der Waals surface area contributed by atoms with Crippen molar-refractivity contribution in [2.45, 2.75) is 10.8 Å². The van der Waals surface area contributed by atoms with Crippen LogP contribution in [0.25, 0.3) is 0 Å². The molecule has 0 saturated carbocycles. The van der Waals surface area contributed by atoms with Gasteiger partial charge in [0.05, 0.1) is 5.92 Å². The van der Waals surface area contributed by atoms with Crippen molar-refractivity contribution < 1.29 is 17.3 Å². The molecule has 1 atom stereocenters. The minimum Gasteiger partial charge on any atom is -0.440 e. The van der Waals surface area contributed by atoms with Gasteiger partial charge in [0.2, 0.25) is 5.88 Å². The van der Waals surface area contributed by atoms with Crippen LogP contribution in [0.15, 0.2) is 80.8 Å². The van der Waals surface area contributed by atoms with E-state index in [1.807, 2.05) is 17.5 Å². The molecule has 6 nitrogen and oxygen atoms in total. The maximum atomic E-state index is 12.5. The SMILES string of the molecule is N#CC1=C(N)Oc2cc(OS(=O)(=O)c3ccc(Br)cc3)ccc2C1c1cccs1. The van der Waals surface area contributed by atoms with Crippen LogP contribution in [0.3, 0.4) is 0 Å². The van der Waals surface area contributed by atoms with E-state index in [-0.39, 0.29) is 22.4 Å². The van der Waals surface area contributed by atoms with Gasteiger partial charge in [-0.3, -0.25) is 0 Å². The molecule has 1 aliphatic heterocycles. The lowest BCUT2D eigenvalue weighted by molar-refractivity contribution is 0.391. The summed E-state index contributed by atoms with van der Waals surface area (Å²) in [6, 6.07) is 16.7. The molecule has 0 bridgehead atoms. The van der Waals surface area contributed by atoms with Gasteiger partial charge in [-0.2, -0.15) is 13.7 Å². The fourth-order valence-electron chi connectivity index (χ4n) is 3.01. The molecular formula is C20H13BrN2O4S2. The third kappa shape index (κ3) is 3.74. The van der Waals surface area contributed by atoms with Crippen LogP contribution in [0.5, 0.6) is 11.5 Å². The second kappa shape index (κ2) is 7.55. The smallest absolute Gasteiger partial charge is 0.339 e. The fraction of sp³-hybridized carbons (Fsp3) is 0.0500. The summed E-state index contributed by atoms with van der Waals surface area (Å²) in [5.74, 6) is 0.0559. The third-order valence-corrected chi connectivity index (χ3v) is 7.05. The van der Waals surface area contributed by atoms with Crippen LogP contribution < -0.4 is 14.7 Å². The van der Waals surface area contributed by atoms with Gasteiger partial charge in [-0.05, 0) is 41.8 Å². The number of halogens is 1. The number of rotatable bonds is 4. The summed E-state index contributed by atoms with van der Waals surface area (Å²) >= 11 is 4.77. The lowest BCUT2D eigenvalue weighted by Gasteiger charge is -2.25. The van der Waals surface area contributed by atoms with Crippen molar-refractivity contribution in [1.29, 1.82) is 5.26 Å². The van der Waals surface area contributed by atoms with Gasteiger partial charge < -0.3 is 14.7 Å². The van der Waals surface area contributed by atoms with E-state index in [0.717, 1.165) is 9.35 Å². The van der Waals surface area contributed by atoms with Crippen molar-refractivity contribution in [3.05, 3.63) is 86.3 Å². The van der Waals surface area contributed by atoms with Crippen molar-refractivity contribution in [1.82, 2.24) is 0 Å². The minimum atomic E-state index is -4.01. The van der Waals surface area contributed by atoms with Gasteiger partial charge in [0.1, 0.15) is 28.0 Å². The van der Waals surface area contributed by atoms with E-state index in [4.69, 9.17) is 14.7 Å². The predicted octanol–water partition coefficient (Wildman–Crippen LogP) is 4.50. The second-order valence-electron chi connectivity index (χ2n) is 6.13. The number of nitrogens with zero attached hydrogens (tertiary/aromatic N) is 1. The molecule has 2 aromatic carbocycles. The molecule has 1 unspecified atom stereocenters. The molecule has 0 aliphatic carbocycles. The van der Waals surface area contributed by atoms with Crippen LogP contribution in [-0.2, 0) is 10.1 Å². The zero-order valence-corrected chi connectivity index (χ0v) is 17.9. The van der Waals surface area contributed by atoms with Crippen LogP contribution in [0.4, 0.5) is 0 Å². The van der Waals surface area contributed by atoms with E-state index in [2.05, 4.69) is 22.0 Å². The van der Waals surface area contributed by atoms with E-state index >= 15 is 0 Å². The summed E-state index contributed by atoms with van der Waals surface area (Å²) < 4.78 is 36.7. The second-order valence-corrected chi connectivity index (χ2v) is 9.57. The van der Waals surface area contributed by atoms with Gasteiger partial charge >= 0.3 is 10.1 Å². The molecule has 0 amide bonds. The molecule has 29 heavy (non-hydrogen) atoms. The van der Waals surface area contributed by atoms with E-state index in [1.54, 1.807) is 18.2 Å². The lowest BCUT2D eigenvalue weighted by atomic mass is 9.88. The fourth-order valence-corrected chi connectivity index (χ4v) is 5.05. The average molecular weight is 489 g/mol. The summed E-state index contributed by atoms with van der Waals surface area (Å²) in [5.41, 5.74) is 6.99. The maximum Gasteiger partial charge on any atom is 0.339 e. The summed E-state index contributed by atoms with van der Waals surface area (Å²) in [6.45, 7) is 0. The molecule has 0 fully saturated rings. The first-order chi connectivity index (χ1) is 13.9. The quantitative estimate of drug-likeness (QED) is 0.542. The molecule has 3 aromatic rings. The number of thiophene rings is 1. The number of hydrogen-bond acceptors (Lipinski definition) is 7. The Labute approximate surface area is 180 Å². The zero-order valence-electron chi connectivity index (χ0n) is 14.7. The molecule has 4 rings (SSSR count). The summed E-state index contributed by atoms with van der Waals surface area (Å²) in [5, 5.41) is 11.5. The van der Waals surface area contributed by atoms with Crippen molar-refractivity contribution >= 4 is 37.4 Å². The molecule has 0 radical (unpaired) electrons. The van der Waals surface area contributed by atoms with Crippen molar-refractivity contribution in [2.75, 3.05) is 0 Å². The molecule has 0 saturated heterocycles. The van der Waals surface area contributed by atoms with Crippen LogP contribution in [-0.4, -0.2) is 8.42 Å². The molecule has 1 aliphatic rings. The standard InChI is InChI=1S/C20H13BrN2O4S2/c21-12-3-6-14(7-4-12)29(24,25)27-13-5-8-15-17(10-13)26-20(23)16(11-22)19(15)18-2-1-9-28-18/h1-10,19H,23H2. The molecular weight excluding hydrogens is 476 g/mol. The molecule has 9 heteroatoms. The number of ether oxygens (including phenoxy) is 1.